The number of rotatable bonds is 5. The summed E-state index contributed by atoms with van der Waals surface area (Å²) in [6.07, 6.45) is 0. The van der Waals surface area contributed by atoms with Crippen molar-refractivity contribution < 1.29 is 14.3 Å². The van der Waals surface area contributed by atoms with Crippen molar-refractivity contribution in [2.24, 2.45) is 0 Å². The SMILES string of the molecule is CCOC(=O)c1sc(=O)n(CCOC)c1C. The van der Waals surface area contributed by atoms with Gasteiger partial charge in [0.15, 0.2) is 0 Å². The molecule has 0 saturated heterocycles. The molecule has 0 aliphatic carbocycles. The number of carbonyl (C=O) groups excluding carboxylic acids is 1. The standard InChI is InChI=1S/C10H15NO4S/c1-4-15-9(12)8-7(2)11(5-6-14-3)10(13)16-8/h4-6H2,1-3H3. The minimum atomic E-state index is -0.432. The van der Waals surface area contributed by atoms with Crippen LogP contribution in [0.3, 0.4) is 0 Å². The Labute approximate surface area is 97.6 Å². The highest BCUT2D eigenvalue weighted by Gasteiger charge is 2.18. The molecule has 1 rings (SSSR count). The fraction of sp³-hybridized carbons (Fsp3) is 0.600. The van der Waals surface area contributed by atoms with Crippen LogP contribution in [0.1, 0.15) is 22.3 Å². The summed E-state index contributed by atoms with van der Waals surface area (Å²) in [5, 5.41) is 0. The predicted molar refractivity (Wildman–Crippen MR) is 61.1 cm³/mol. The monoisotopic (exact) mass is 245 g/mol. The fourth-order valence-electron chi connectivity index (χ4n) is 1.30. The molecule has 0 aliphatic heterocycles. The van der Waals surface area contributed by atoms with Crippen LogP contribution in [0.5, 0.6) is 0 Å². The van der Waals surface area contributed by atoms with Crippen molar-refractivity contribution in [1.29, 1.82) is 0 Å². The van der Waals surface area contributed by atoms with Gasteiger partial charge in [0, 0.05) is 12.8 Å². The second kappa shape index (κ2) is 5.81. The van der Waals surface area contributed by atoms with Gasteiger partial charge in [0.05, 0.1) is 19.8 Å². The molecule has 0 saturated carbocycles. The van der Waals surface area contributed by atoms with Crippen LogP contribution in [0.4, 0.5) is 0 Å². The summed E-state index contributed by atoms with van der Waals surface area (Å²) < 4.78 is 11.3. The minimum Gasteiger partial charge on any atom is -0.462 e. The van der Waals surface area contributed by atoms with Gasteiger partial charge in [-0.25, -0.2) is 4.79 Å². The highest BCUT2D eigenvalue weighted by molar-refractivity contribution is 7.11. The van der Waals surface area contributed by atoms with Crippen LogP contribution in [0.25, 0.3) is 0 Å². The summed E-state index contributed by atoms with van der Waals surface area (Å²) in [5.41, 5.74) is 0.644. The summed E-state index contributed by atoms with van der Waals surface area (Å²) in [5.74, 6) is -0.432. The van der Waals surface area contributed by atoms with Gasteiger partial charge < -0.3 is 14.0 Å². The van der Waals surface area contributed by atoms with E-state index >= 15 is 0 Å². The largest absolute Gasteiger partial charge is 0.462 e. The van der Waals surface area contributed by atoms with Gasteiger partial charge in [0.1, 0.15) is 4.88 Å². The van der Waals surface area contributed by atoms with Crippen molar-refractivity contribution in [1.82, 2.24) is 4.57 Å². The first-order valence-electron chi connectivity index (χ1n) is 4.98. The lowest BCUT2D eigenvalue weighted by molar-refractivity contribution is 0.0530. The number of thiazole rings is 1. The van der Waals surface area contributed by atoms with Gasteiger partial charge in [0.2, 0.25) is 0 Å². The van der Waals surface area contributed by atoms with Crippen LogP contribution in [0.15, 0.2) is 4.79 Å². The van der Waals surface area contributed by atoms with E-state index in [1.54, 1.807) is 21.0 Å². The van der Waals surface area contributed by atoms with Crippen LogP contribution >= 0.6 is 11.3 Å². The Balaban J connectivity index is 2.97. The molecule has 0 unspecified atom stereocenters. The number of hydrogen-bond acceptors (Lipinski definition) is 5. The van der Waals surface area contributed by atoms with Gasteiger partial charge in [-0.05, 0) is 13.8 Å². The van der Waals surface area contributed by atoms with E-state index in [9.17, 15) is 9.59 Å². The molecule has 0 amide bonds. The van der Waals surface area contributed by atoms with Crippen molar-refractivity contribution in [3.63, 3.8) is 0 Å². The third kappa shape index (κ3) is 2.70. The lowest BCUT2D eigenvalue weighted by Gasteiger charge is -2.04. The maximum absolute atomic E-state index is 11.6. The van der Waals surface area contributed by atoms with E-state index in [1.165, 1.54) is 4.57 Å². The summed E-state index contributed by atoms with van der Waals surface area (Å²) in [6, 6.07) is 0. The van der Waals surface area contributed by atoms with E-state index in [0.29, 0.717) is 30.3 Å². The lowest BCUT2D eigenvalue weighted by atomic mass is 10.4. The van der Waals surface area contributed by atoms with Crippen LogP contribution in [0.2, 0.25) is 0 Å². The molecule has 0 aromatic carbocycles. The molecule has 0 aliphatic rings. The third-order valence-electron chi connectivity index (χ3n) is 2.12. The molecule has 0 N–H and O–H groups in total. The molecule has 0 spiro atoms. The first-order valence-corrected chi connectivity index (χ1v) is 5.79. The molecule has 0 fully saturated rings. The normalized spacial score (nSPS) is 10.4. The van der Waals surface area contributed by atoms with Crippen molar-refractivity contribution >= 4 is 17.3 Å². The Bertz CT molecular complexity index is 421. The molecule has 1 heterocycles. The Morgan fingerprint density at radius 2 is 2.19 bits per heavy atom. The average Bonchev–Trinajstić information content (AvgIpc) is 2.53. The summed E-state index contributed by atoms with van der Waals surface area (Å²) in [7, 11) is 1.57. The predicted octanol–water partition coefficient (Wildman–Crippen LogP) is 1.04. The molecule has 0 radical (unpaired) electrons. The maximum atomic E-state index is 11.6. The summed E-state index contributed by atoms with van der Waals surface area (Å²) in [4.78, 5) is 23.3. The van der Waals surface area contributed by atoms with E-state index in [0.717, 1.165) is 11.3 Å². The summed E-state index contributed by atoms with van der Waals surface area (Å²) in [6.45, 7) is 4.68. The fourth-order valence-corrected chi connectivity index (χ4v) is 2.22. The number of nitrogens with zero attached hydrogens (tertiary/aromatic N) is 1. The van der Waals surface area contributed by atoms with Crippen LogP contribution in [-0.2, 0) is 16.0 Å². The number of hydrogen-bond donors (Lipinski definition) is 0. The van der Waals surface area contributed by atoms with Crippen molar-refractivity contribution in [3.05, 3.63) is 20.2 Å². The Morgan fingerprint density at radius 1 is 1.50 bits per heavy atom. The maximum Gasteiger partial charge on any atom is 0.350 e. The number of carbonyl (C=O) groups is 1. The molecule has 6 heteroatoms. The number of aromatic nitrogens is 1. The van der Waals surface area contributed by atoms with Gasteiger partial charge in [-0.1, -0.05) is 11.3 Å². The zero-order chi connectivity index (χ0) is 12.1. The highest BCUT2D eigenvalue weighted by Crippen LogP contribution is 2.13. The second-order valence-corrected chi connectivity index (χ2v) is 4.11. The number of ether oxygens (including phenoxy) is 2. The summed E-state index contributed by atoms with van der Waals surface area (Å²) >= 11 is 0.917. The lowest BCUT2D eigenvalue weighted by Crippen LogP contribution is -2.17. The molecule has 0 atom stereocenters. The van der Waals surface area contributed by atoms with Crippen LogP contribution < -0.4 is 4.87 Å². The van der Waals surface area contributed by atoms with E-state index in [-0.39, 0.29) is 4.87 Å². The highest BCUT2D eigenvalue weighted by atomic mass is 32.1. The molecular formula is C10H15NO4S. The first-order chi connectivity index (χ1) is 7.61. The molecule has 1 aromatic rings. The van der Waals surface area contributed by atoms with E-state index < -0.39 is 5.97 Å². The quantitative estimate of drug-likeness (QED) is 0.727. The van der Waals surface area contributed by atoms with Gasteiger partial charge >= 0.3 is 10.8 Å². The minimum absolute atomic E-state index is 0.155. The van der Waals surface area contributed by atoms with Gasteiger partial charge in [-0.2, -0.15) is 0 Å². The van der Waals surface area contributed by atoms with Crippen LogP contribution in [0, 0.1) is 6.92 Å². The zero-order valence-electron chi connectivity index (χ0n) is 9.61. The molecule has 1 aromatic heterocycles. The Hall–Kier alpha value is -1.14. The van der Waals surface area contributed by atoms with Crippen LogP contribution in [-0.4, -0.2) is 30.9 Å². The van der Waals surface area contributed by atoms with Gasteiger partial charge in [-0.3, -0.25) is 4.79 Å². The Morgan fingerprint density at radius 3 is 2.75 bits per heavy atom. The van der Waals surface area contributed by atoms with E-state index in [1.807, 2.05) is 0 Å². The molecule has 5 nitrogen and oxygen atoms in total. The van der Waals surface area contributed by atoms with E-state index in [4.69, 9.17) is 9.47 Å². The molecular weight excluding hydrogens is 230 g/mol. The zero-order valence-corrected chi connectivity index (χ0v) is 10.4. The first kappa shape index (κ1) is 12.9. The van der Waals surface area contributed by atoms with Crippen molar-refractivity contribution in [3.8, 4) is 0 Å². The number of methoxy groups -OCH3 is 1. The molecule has 0 bridgehead atoms. The average molecular weight is 245 g/mol. The topological polar surface area (TPSA) is 57.5 Å². The molecule has 90 valence electrons. The smallest absolute Gasteiger partial charge is 0.350 e. The van der Waals surface area contributed by atoms with E-state index in [2.05, 4.69) is 0 Å². The van der Waals surface area contributed by atoms with Gasteiger partial charge in [-0.15, -0.1) is 0 Å². The number of esters is 1. The van der Waals surface area contributed by atoms with Crippen molar-refractivity contribution in [2.75, 3.05) is 20.3 Å². The second-order valence-electron chi connectivity index (χ2n) is 3.15. The van der Waals surface area contributed by atoms with Crippen molar-refractivity contribution in [2.45, 2.75) is 20.4 Å². The molecule has 16 heavy (non-hydrogen) atoms. The Kier molecular flexibility index (Phi) is 4.70. The van der Waals surface area contributed by atoms with Gasteiger partial charge in [0.25, 0.3) is 0 Å². The third-order valence-corrected chi connectivity index (χ3v) is 3.18.